The Morgan fingerprint density at radius 1 is 0.932 bits per heavy atom. The van der Waals surface area contributed by atoms with Crippen LogP contribution in [-0.2, 0) is 0 Å². The zero-order valence-electron chi connectivity index (χ0n) is 24.7. The molecule has 0 radical (unpaired) electrons. The van der Waals surface area contributed by atoms with Gasteiger partial charge in [-0.25, -0.2) is 20.4 Å². The number of pyridine rings is 3. The van der Waals surface area contributed by atoms with Crippen LogP contribution in [0, 0.1) is 6.92 Å². The molecule has 2 fully saturated rings. The second-order valence-electron chi connectivity index (χ2n) is 11.4. The fourth-order valence-electron chi connectivity index (χ4n) is 6.24. The molecule has 0 aromatic carbocycles. The van der Waals surface area contributed by atoms with E-state index in [1.807, 2.05) is 18.3 Å². The van der Waals surface area contributed by atoms with Crippen LogP contribution in [0.5, 0.6) is 0 Å². The van der Waals surface area contributed by atoms with Gasteiger partial charge in [-0.1, -0.05) is 12.8 Å². The quantitative estimate of drug-likeness (QED) is 0.131. The van der Waals surface area contributed by atoms with Crippen molar-refractivity contribution in [2.75, 3.05) is 28.6 Å². The number of anilines is 4. The molecule has 1 aliphatic carbocycles. The molecule has 2 aliphatic rings. The number of nitrogens with one attached hydrogen (secondary N) is 3. The first-order valence-corrected chi connectivity index (χ1v) is 14.9. The van der Waals surface area contributed by atoms with Crippen molar-refractivity contribution in [2.24, 2.45) is 0 Å². The van der Waals surface area contributed by atoms with E-state index in [1.165, 1.54) is 13.1 Å². The molecule has 1 saturated heterocycles. The standard InChI is InChI=1S/C31H35N9O4/c1-18-24-17-34-31(37-28(24)40(22-5-3-4-6-22)30(43)27(18)19(2)41)36-26-10-8-23(16-33-26)39-13-11-21(12-14-39)35-25-9-7-20(15-32-25)29(42)38-44/h7-10,15-17,21-22,44H,3-6,11-14H2,1-2H3,(H,32,35)(H,38,42)(H,33,34,36,37). The molecule has 4 aromatic heterocycles. The van der Waals surface area contributed by atoms with Crippen LogP contribution < -0.4 is 26.6 Å². The lowest BCUT2D eigenvalue weighted by Gasteiger charge is -2.34. The Morgan fingerprint density at radius 3 is 2.30 bits per heavy atom. The highest BCUT2D eigenvalue weighted by Crippen LogP contribution is 2.32. The number of rotatable bonds is 8. The molecule has 1 saturated carbocycles. The number of aryl methyl sites for hydroxylation is 1. The molecule has 1 amide bonds. The summed E-state index contributed by atoms with van der Waals surface area (Å²) in [6, 6.07) is 7.49. The molecular weight excluding hydrogens is 562 g/mol. The van der Waals surface area contributed by atoms with Crippen LogP contribution in [0.2, 0.25) is 0 Å². The number of aromatic nitrogens is 5. The highest BCUT2D eigenvalue weighted by Gasteiger charge is 2.26. The maximum atomic E-state index is 13.5. The van der Waals surface area contributed by atoms with Gasteiger partial charge in [0.2, 0.25) is 5.95 Å². The first-order chi connectivity index (χ1) is 21.3. The van der Waals surface area contributed by atoms with Crippen LogP contribution in [0.25, 0.3) is 11.0 Å². The summed E-state index contributed by atoms with van der Waals surface area (Å²) in [7, 11) is 0. The Bertz CT molecular complexity index is 1740. The van der Waals surface area contributed by atoms with Crippen LogP contribution in [-0.4, -0.2) is 60.5 Å². The molecule has 4 N–H and O–H groups in total. The van der Waals surface area contributed by atoms with Gasteiger partial charge in [0.25, 0.3) is 11.5 Å². The third-order valence-electron chi connectivity index (χ3n) is 8.58. The van der Waals surface area contributed by atoms with Gasteiger partial charge in [0.1, 0.15) is 17.3 Å². The first kappa shape index (κ1) is 29.2. The molecule has 44 heavy (non-hydrogen) atoms. The summed E-state index contributed by atoms with van der Waals surface area (Å²) in [4.78, 5) is 57.7. The van der Waals surface area contributed by atoms with Gasteiger partial charge in [0, 0.05) is 43.0 Å². The summed E-state index contributed by atoms with van der Waals surface area (Å²) in [6.07, 6.45) is 10.6. The average molecular weight is 598 g/mol. The lowest BCUT2D eigenvalue weighted by atomic mass is 10.0. The van der Waals surface area contributed by atoms with Crippen molar-refractivity contribution in [3.8, 4) is 0 Å². The first-order valence-electron chi connectivity index (χ1n) is 14.9. The predicted octanol–water partition coefficient (Wildman–Crippen LogP) is 4.15. The number of hydrogen-bond donors (Lipinski definition) is 4. The third-order valence-corrected chi connectivity index (χ3v) is 8.58. The van der Waals surface area contributed by atoms with Gasteiger partial charge < -0.3 is 15.5 Å². The minimum atomic E-state index is -0.596. The minimum Gasteiger partial charge on any atom is -0.370 e. The van der Waals surface area contributed by atoms with Crippen molar-refractivity contribution in [1.29, 1.82) is 0 Å². The average Bonchev–Trinajstić information content (AvgIpc) is 3.56. The largest absolute Gasteiger partial charge is 0.370 e. The molecule has 228 valence electrons. The number of piperidine rings is 1. The molecule has 0 spiro atoms. The molecule has 6 rings (SSSR count). The highest BCUT2D eigenvalue weighted by molar-refractivity contribution is 5.99. The summed E-state index contributed by atoms with van der Waals surface area (Å²) >= 11 is 0. The number of hydroxylamine groups is 1. The number of Topliss-reactive ketones (excluding diaryl/α,β-unsaturated/α-hetero) is 1. The number of amides is 1. The van der Waals surface area contributed by atoms with E-state index >= 15 is 0 Å². The van der Waals surface area contributed by atoms with Gasteiger partial charge in [-0.3, -0.25) is 24.2 Å². The highest BCUT2D eigenvalue weighted by atomic mass is 16.5. The lowest BCUT2D eigenvalue weighted by Crippen LogP contribution is -2.39. The van der Waals surface area contributed by atoms with Crippen molar-refractivity contribution < 1.29 is 14.8 Å². The van der Waals surface area contributed by atoms with Gasteiger partial charge in [-0.05, 0) is 69.4 Å². The van der Waals surface area contributed by atoms with E-state index in [1.54, 1.807) is 35.3 Å². The zero-order chi connectivity index (χ0) is 30.8. The maximum Gasteiger partial charge on any atom is 0.276 e. The Labute approximate surface area is 253 Å². The molecule has 0 atom stereocenters. The van der Waals surface area contributed by atoms with E-state index in [4.69, 9.17) is 10.2 Å². The zero-order valence-corrected chi connectivity index (χ0v) is 24.7. The topological polar surface area (TPSA) is 167 Å². The van der Waals surface area contributed by atoms with Crippen LogP contribution in [0.3, 0.4) is 0 Å². The Kier molecular flexibility index (Phi) is 8.20. The van der Waals surface area contributed by atoms with Crippen LogP contribution in [0.1, 0.15) is 77.8 Å². The molecular formula is C31H35N9O4. The molecule has 0 unspecified atom stereocenters. The normalized spacial score (nSPS) is 15.8. The number of fused-ring (bicyclic) bond motifs is 1. The van der Waals surface area contributed by atoms with Crippen LogP contribution in [0.4, 0.5) is 23.3 Å². The SMILES string of the molecule is CC(=O)c1c(C)c2cnc(Nc3ccc(N4CCC(Nc5ccc(C(=O)NO)cn5)CC4)cn3)nc2n(C2CCCC2)c1=O. The second-order valence-corrected chi connectivity index (χ2v) is 11.4. The summed E-state index contributed by atoms with van der Waals surface area (Å²) in [5.41, 5.74) is 3.98. The molecule has 13 heteroatoms. The number of carbonyl (C=O) groups is 2. The lowest BCUT2D eigenvalue weighted by molar-refractivity contribution is 0.0706. The molecule has 0 bridgehead atoms. The molecule has 4 aromatic rings. The van der Waals surface area contributed by atoms with Crippen LogP contribution in [0.15, 0.2) is 47.7 Å². The van der Waals surface area contributed by atoms with Crippen molar-refractivity contribution in [3.05, 3.63) is 69.9 Å². The Balaban J connectivity index is 1.13. The molecule has 5 heterocycles. The Hall–Kier alpha value is -4.91. The van der Waals surface area contributed by atoms with Gasteiger partial charge in [-0.15, -0.1) is 0 Å². The van der Waals surface area contributed by atoms with Gasteiger partial charge in [-0.2, -0.15) is 4.98 Å². The summed E-state index contributed by atoms with van der Waals surface area (Å²) in [5.74, 6) is 0.763. The number of nitrogens with zero attached hydrogens (tertiary/aromatic N) is 6. The Morgan fingerprint density at radius 2 is 1.66 bits per heavy atom. The van der Waals surface area contributed by atoms with E-state index in [-0.39, 0.29) is 34.6 Å². The molecule has 1 aliphatic heterocycles. The summed E-state index contributed by atoms with van der Waals surface area (Å²) in [6.45, 7) is 4.89. The number of carbonyl (C=O) groups excluding carboxylic acids is 2. The fraction of sp³-hybridized carbons (Fsp3) is 0.387. The summed E-state index contributed by atoms with van der Waals surface area (Å²) < 4.78 is 1.70. The van der Waals surface area contributed by atoms with Gasteiger partial charge in [0.15, 0.2) is 5.78 Å². The van der Waals surface area contributed by atoms with Crippen molar-refractivity contribution >= 4 is 46.0 Å². The molecule has 13 nitrogen and oxygen atoms in total. The van der Waals surface area contributed by atoms with E-state index < -0.39 is 5.91 Å². The van der Waals surface area contributed by atoms with E-state index in [0.29, 0.717) is 34.2 Å². The monoisotopic (exact) mass is 597 g/mol. The van der Waals surface area contributed by atoms with Gasteiger partial charge in [0.05, 0.1) is 23.0 Å². The van der Waals surface area contributed by atoms with Gasteiger partial charge >= 0.3 is 0 Å². The fourth-order valence-corrected chi connectivity index (χ4v) is 6.24. The van der Waals surface area contributed by atoms with E-state index in [0.717, 1.165) is 57.3 Å². The third kappa shape index (κ3) is 5.82. The van der Waals surface area contributed by atoms with Crippen molar-refractivity contribution in [2.45, 2.75) is 64.5 Å². The van der Waals surface area contributed by atoms with Crippen molar-refractivity contribution in [3.63, 3.8) is 0 Å². The van der Waals surface area contributed by atoms with Crippen molar-refractivity contribution in [1.82, 2.24) is 30.0 Å². The number of ketones is 1. The summed E-state index contributed by atoms with van der Waals surface area (Å²) in [5, 5.41) is 16.1. The van der Waals surface area contributed by atoms with Crippen LogP contribution >= 0.6 is 0 Å². The number of hydrogen-bond acceptors (Lipinski definition) is 11. The van der Waals surface area contributed by atoms with E-state index in [9.17, 15) is 14.4 Å². The smallest absolute Gasteiger partial charge is 0.276 e. The second kappa shape index (κ2) is 12.4. The van der Waals surface area contributed by atoms with E-state index in [2.05, 4.69) is 30.5 Å². The minimum absolute atomic E-state index is 0.0140. The predicted molar refractivity (Wildman–Crippen MR) is 166 cm³/mol. The maximum absolute atomic E-state index is 13.5.